The van der Waals surface area contributed by atoms with Gasteiger partial charge in [-0.15, -0.1) is 0 Å². The minimum Gasteiger partial charge on any atom is -0.478 e. The van der Waals surface area contributed by atoms with Crippen molar-refractivity contribution in [2.45, 2.75) is 10.2 Å². The van der Waals surface area contributed by atoms with Crippen molar-refractivity contribution in [3.63, 3.8) is 0 Å². The van der Waals surface area contributed by atoms with Crippen LogP contribution < -0.4 is 0 Å². The number of hydrogen-bond acceptors (Lipinski definition) is 3. The number of nitrogens with zero attached hydrogens (tertiary/aromatic N) is 1. The van der Waals surface area contributed by atoms with Crippen molar-refractivity contribution >= 4 is 31.9 Å². The summed E-state index contributed by atoms with van der Waals surface area (Å²) in [4.78, 5) is 11.0. The molecule has 0 atom stereocenters. The van der Waals surface area contributed by atoms with Crippen molar-refractivity contribution in [3.8, 4) is 0 Å². The largest absolute Gasteiger partial charge is 0.478 e. The highest BCUT2D eigenvalue weighted by atomic mass is 79.9. The molecule has 17 heavy (non-hydrogen) atoms. The number of benzene rings is 1. The molecule has 0 fully saturated rings. The van der Waals surface area contributed by atoms with Gasteiger partial charge in [0, 0.05) is 19.4 Å². The van der Waals surface area contributed by atoms with E-state index in [0.717, 1.165) is 4.31 Å². The maximum Gasteiger partial charge on any atom is 0.336 e. The van der Waals surface area contributed by atoms with Crippen molar-refractivity contribution in [1.82, 2.24) is 4.31 Å². The van der Waals surface area contributed by atoms with E-state index in [2.05, 4.69) is 15.9 Å². The van der Waals surface area contributed by atoms with Gasteiger partial charge in [0.2, 0.25) is 10.0 Å². The molecule has 0 bridgehead atoms. The smallest absolute Gasteiger partial charge is 0.336 e. The lowest BCUT2D eigenvalue weighted by Gasteiger charge is -2.15. The maximum absolute atomic E-state index is 12.0. The van der Waals surface area contributed by atoms with E-state index in [1.165, 1.54) is 32.3 Å². The fraction of sp³-hybridized carbons (Fsp3) is 0.300. The van der Waals surface area contributed by atoms with Crippen LogP contribution in [0.25, 0.3) is 0 Å². The Bertz CT molecular complexity index is 539. The first-order valence-corrected chi connectivity index (χ1v) is 7.22. The molecule has 0 aliphatic heterocycles. The van der Waals surface area contributed by atoms with Crippen LogP contribution in [0.15, 0.2) is 23.1 Å². The van der Waals surface area contributed by atoms with Gasteiger partial charge in [0.05, 0.1) is 10.5 Å². The van der Waals surface area contributed by atoms with E-state index >= 15 is 0 Å². The fourth-order valence-corrected chi connectivity index (χ4v) is 3.27. The van der Waals surface area contributed by atoms with E-state index in [-0.39, 0.29) is 21.4 Å². The second-order valence-electron chi connectivity index (χ2n) is 3.51. The summed E-state index contributed by atoms with van der Waals surface area (Å²) in [5, 5.41) is 9.16. The zero-order valence-electron chi connectivity index (χ0n) is 9.34. The van der Waals surface area contributed by atoms with Crippen LogP contribution in [0.1, 0.15) is 15.9 Å². The summed E-state index contributed by atoms with van der Waals surface area (Å²) in [6, 6.07) is 4.21. The molecule has 0 aliphatic carbocycles. The van der Waals surface area contributed by atoms with Crippen molar-refractivity contribution in [1.29, 1.82) is 0 Å². The molecule has 0 saturated carbocycles. The molecule has 0 heterocycles. The Morgan fingerprint density at radius 1 is 1.41 bits per heavy atom. The van der Waals surface area contributed by atoms with Crippen molar-refractivity contribution in [2.75, 3.05) is 14.1 Å². The second kappa shape index (κ2) is 5.16. The summed E-state index contributed by atoms with van der Waals surface area (Å²) in [7, 11) is -0.829. The molecule has 1 N–H and O–H groups in total. The molecular weight excluding hydrogens is 310 g/mol. The van der Waals surface area contributed by atoms with Crippen LogP contribution in [-0.2, 0) is 15.4 Å². The van der Waals surface area contributed by atoms with Gasteiger partial charge >= 0.3 is 5.97 Å². The van der Waals surface area contributed by atoms with E-state index in [9.17, 15) is 13.2 Å². The Kier molecular flexibility index (Phi) is 4.29. The number of halogens is 1. The summed E-state index contributed by atoms with van der Waals surface area (Å²) in [6.45, 7) is 0. The Balaban J connectivity index is 3.56. The van der Waals surface area contributed by atoms with Gasteiger partial charge in [0.15, 0.2) is 0 Å². The Morgan fingerprint density at radius 2 is 2.00 bits per heavy atom. The van der Waals surface area contributed by atoms with E-state index in [0.29, 0.717) is 0 Å². The van der Waals surface area contributed by atoms with Gasteiger partial charge < -0.3 is 5.11 Å². The maximum atomic E-state index is 12.0. The lowest BCUT2D eigenvalue weighted by atomic mass is 10.1. The second-order valence-corrected chi connectivity index (χ2v) is 6.19. The molecule has 94 valence electrons. The predicted octanol–water partition coefficient (Wildman–Crippen LogP) is 1.53. The molecule has 0 spiro atoms. The molecule has 0 aromatic heterocycles. The predicted molar refractivity (Wildman–Crippen MR) is 66.9 cm³/mol. The molecule has 1 aromatic carbocycles. The molecule has 0 radical (unpaired) electrons. The first-order valence-electron chi connectivity index (χ1n) is 4.66. The van der Waals surface area contributed by atoms with Gasteiger partial charge in [0.1, 0.15) is 0 Å². The Morgan fingerprint density at radius 3 is 2.41 bits per heavy atom. The summed E-state index contributed by atoms with van der Waals surface area (Å²) in [6.07, 6.45) is 0. The van der Waals surface area contributed by atoms with Gasteiger partial charge in [-0.1, -0.05) is 22.0 Å². The van der Waals surface area contributed by atoms with Crippen molar-refractivity contribution < 1.29 is 18.3 Å². The minimum atomic E-state index is -3.64. The SMILES string of the molecule is CN(C)S(=O)(=O)c1cccc(C(=O)O)c1CBr. The third-order valence-corrected chi connectivity index (χ3v) is 4.72. The Hall–Kier alpha value is -0.920. The number of rotatable bonds is 4. The number of sulfonamides is 1. The molecule has 0 unspecified atom stereocenters. The monoisotopic (exact) mass is 321 g/mol. The molecule has 0 saturated heterocycles. The molecule has 1 rings (SSSR count). The fourth-order valence-electron chi connectivity index (χ4n) is 1.34. The molecular formula is C10H12BrNO4S. The highest BCUT2D eigenvalue weighted by Gasteiger charge is 2.24. The van der Waals surface area contributed by atoms with E-state index in [1.54, 1.807) is 0 Å². The van der Waals surface area contributed by atoms with Crippen LogP contribution >= 0.6 is 15.9 Å². The van der Waals surface area contributed by atoms with Gasteiger partial charge in [-0.25, -0.2) is 17.5 Å². The van der Waals surface area contributed by atoms with E-state index in [1.807, 2.05) is 0 Å². The van der Waals surface area contributed by atoms with Crippen LogP contribution in [0.3, 0.4) is 0 Å². The van der Waals surface area contributed by atoms with Crippen LogP contribution in [-0.4, -0.2) is 37.9 Å². The van der Waals surface area contributed by atoms with Gasteiger partial charge in [-0.05, 0) is 17.7 Å². The number of alkyl halides is 1. The summed E-state index contributed by atoms with van der Waals surface area (Å²) >= 11 is 3.12. The van der Waals surface area contributed by atoms with Gasteiger partial charge in [0.25, 0.3) is 0 Å². The zero-order chi connectivity index (χ0) is 13.2. The van der Waals surface area contributed by atoms with Crippen LogP contribution in [0.5, 0.6) is 0 Å². The minimum absolute atomic E-state index is 0.00944. The molecule has 1 aromatic rings. The lowest BCUT2D eigenvalue weighted by molar-refractivity contribution is 0.0695. The molecule has 7 heteroatoms. The van der Waals surface area contributed by atoms with E-state index in [4.69, 9.17) is 5.11 Å². The van der Waals surface area contributed by atoms with Crippen LogP contribution in [0.4, 0.5) is 0 Å². The Labute approximate surface area is 108 Å². The number of carboxylic acid groups (broad SMARTS) is 1. The average molecular weight is 322 g/mol. The quantitative estimate of drug-likeness (QED) is 0.853. The molecule has 5 nitrogen and oxygen atoms in total. The number of carboxylic acids is 1. The van der Waals surface area contributed by atoms with Gasteiger partial charge in [-0.3, -0.25) is 0 Å². The lowest BCUT2D eigenvalue weighted by Crippen LogP contribution is -2.24. The summed E-state index contributed by atoms with van der Waals surface area (Å²) in [5.41, 5.74) is 0.249. The molecule has 0 amide bonds. The normalized spacial score (nSPS) is 11.8. The third-order valence-electron chi connectivity index (χ3n) is 2.26. The zero-order valence-corrected chi connectivity index (χ0v) is 11.7. The van der Waals surface area contributed by atoms with E-state index < -0.39 is 16.0 Å². The van der Waals surface area contributed by atoms with Crippen LogP contribution in [0.2, 0.25) is 0 Å². The summed E-state index contributed by atoms with van der Waals surface area (Å²) in [5.74, 6) is -1.14. The number of aromatic carboxylic acids is 1. The first-order chi connectivity index (χ1) is 7.82. The standard InChI is InChI=1S/C10H12BrNO4S/c1-12(2)17(15,16)9-5-3-4-7(10(13)14)8(9)6-11/h3-5H,6H2,1-2H3,(H,13,14). The number of hydrogen-bond donors (Lipinski definition) is 1. The van der Waals surface area contributed by atoms with Crippen molar-refractivity contribution in [2.24, 2.45) is 0 Å². The third kappa shape index (κ3) is 2.67. The van der Waals surface area contributed by atoms with Gasteiger partial charge in [-0.2, -0.15) is 0 Å². The number of carbonyl (C=O) groups is 1. The van der Waals surface area contributed by atoms with Crippen LogP contribution in [0, 0.1) is 0 Å². The highest BCUT2D eigenvalue weighted by molar-refractivity contribution is 9.08. The first kappa shape index (κ1) is 14.1. The average Bonchev–Trinajstić information content (AvgIpc) is 2.27. The highest BCUT2D eigenvalue weighted by Crippen LogP contribution is 2.24. The molecule has 0 aliphatic rings. The van der Waals surface area contributed by atoms with Crippen molar-refractivity contribution in [3.05, 3.63) is 29.3 Å². The summed E-state index contributed by atoms with van der Waals surface area (Å²) < 4.78 is 25.1. The topological polar surface area (TPSA) is 74.7 Å².